The van der Waals surface area contributed by atoms with Crippen molar-refractivity contribution in [2.24, 2.45) is 0 Å². The lowest BCUT2D eigenvalue weighted by Crippen LogP contribution is -2.23. The molecule has 0 unspecified atom stereocenters. The third-order valence-electron chi connectivity index (χ3n) is 4.21. The topological polar surface area (TPSA) is 107 Å². The number of aromatic nitrogens is 4. The molecule has 8 heteroatoms. The van der Waals surface area contributed by atoms with Crippen LogP contribution in [0.1, 0.15) is 41.8 Å². The van der Waals surface area contributed by atoms with Crippen molar-refractivity contribution in [1.29, 1.82) is 0 Å². The number of nitrogens with zero attached hydrogens (tertiary/aromatic N) is 4. The molecule has 8 nitrogen and oxygen atoms in total. The SMILES string of the molecule is CC(C)c1nc(-c2cccc(C(=O)NCc3noc(-c4ccccc4)n3)c2)no1. The Balaban J connectivity index is 1.43. The molecule has 0 saturated heterocycles. The molecule has 1 N–H and O–H groups in total. The van der Waals surface area contributed by atoms with Crippen molar-refractivity contribution in [2.45, 2.75) is 26.3 Å². The van der Waals surface area contributed by atoms with Gasteiger partial charge in [0.25, 0.3) is 11.8 Å². The quantitative estimate of drug-likeness (QED) is 0.534. The predicted molar refractivity (Wildman–Crippen MR) is 105 cm³/mol. The van der Waals surface area contributed by atoms with Crippen LogP contribution in [-0.2, 0) is 6.54 Å². The summed E-state index contributed by atoms with van der Waals surface area (Å²) in [5, 5.41) is 10.7. The third kappa shape index (κ3) is 4.21. The van der Waals surface area contributed by atoms with Gasteiger partial charge in [0.1, 0.15) is 0 Å². The van der Waals surface area contributed by atoms with Gasteiger partial charge in [0.15, 0.2) is 5.82 Å². The van der Waals surface area contributed by atoms with Crippen LogP contribution in [0.2, 0.25) is 0 Å². The van der Waals surface area contributed by atoms with E-state index < -0.39 is 0 Å². The average molecular weight is 389 g/mol. The molecule has 4 rings (SSSR count). The van der Waals surface area contributed by atoms with Crippen molar-refractivity contribution in [3.63, 3.8) is 0 Å². The second-order valence-electron chi connectivity index (χ2n) is 6.76. The summed E-state index contributed by atoms with van der Waals surface area (Å²) in [5.74, 6) is 1.70. The van der Waals surface area contributed by atoms with Gasteiger partial charge in [0.05, 0.1) is 6.54 Å². The summed E-state index contributed by atoms with van der Waals surface area (Å²) in [5.41, 5.74) is 2.01. The Bertz CT molecular complexity index is 1120. The zero-order chi connectivity index (χ0) is 20.2. The number of amides is 1. The molecule has 146 valence electrons. The number of hydrogen-bond acceptors (Lipinski definition) is 7. The van der Waals surface area contributed by atoms with Crippen molar-refractivity contribution in [3.05, 3.63) is 71.9 Å². The van der Waals surface area contributed by atoms with E-state index >= 15 is 0 Å². The molecular weight excluding hydrogens is 370 g/mol. The first-order chi connectivity index (χ1) is 14.1. The Morgan fingerprint density at radius 3 is 2.52 bits per heavy atom. The highest BCUT2D eigenvalue weighted by atomic mass is 16.5. The van der Waals surface area contributed by atoms with Crippen LogP contribution in [0.15, 0.2) is 63.6 Å². The summed E-state index contributed by atoms with van der Waals surface area (Å²) < 4.78 is 10.5. The van der Waals surface area contributed by atoms with Crippen molar-refractivity contribution >= 4 is 5.91 Å². The zero-order valence-corrected chi connectivity index (χ0v) is 16.0. The van der Waals surface area contributed by atoms with E-state index in [2.05, 4.69) is 25.6 Å². The summed E-state index contributed by atoms with van der Waals surface area (Å²) >= 11 is 0. The lowest BCUT2D eigenvalue weighted by atomic mass is 10.1. The van der Waals surface area contributed by atoms with E-state index in [0.29, 0.717) is 34.6 Å². The molecule has 0 spiro atoms. The monoisotopic (exact) mass is 389 g/mol. The van der Waals surface area contributed by atoms with Crippen molar-refractivity contribution < 1.29 is 13.8 Å². The van der Waals surface area contributed by atoms with Crippen LogP contribution in [0.5, 0.6) is 0 Å². The Morgan fingerprint density at radius 2 is 1.76 bits per heavy atom. The molecule has 0 radical (unpaired) electrons. The largest absolute Gasteiger partial charge is 0.345 e. The Morgan fingerprint density at radius 1 is 0.966 bits per heavy atom. The first-order valence-electron chi connectivity index (χ1n) is 9.20. The molecule has 0 aliphatic heterocycles. The van der Waals surface area contributed by atoms with Gasteiger partial charge in [-0.3, -0.25) is 4.79 Å². The minimum Gasteiger partial charge on any atom is -0.345 e. The molecule has 2 aromatic carbocycles. The van der Waals surface area contributed by atoms with Crippen molar-refractivity contribution in [3.8, 4) is 22.8 Å². The van der Waals surface area contributed by atoms with E-state index in [4.69, 9.17) is 9.05 Å². The Hall–Kier alpha value is -3.81. The molecule has 0 aliphatic rings. The van der Waals surface area contributed by atoms with Crippen LogP contribution >= 0.6 is 0 Å². The first kappa shape index (κ1) is 18.5. The highest BCUT2D eigenvalue weighted by Crippen LogP contribution is 2.20. The van der Waals surface area contributed by atoms with Gasteiger partial charge in [0.2, 0.25) is 11.7 Å². The van der Waals surface area contributed by atoms with Crippen molar-refractivity contribution in [2.75, 3.05) is 0 Å². The van der Waals surface area contributed by atoms with E-state index in [1.165, 1.54) is 0 Å². The molecular formula is C21H19N5O3. The van der Waals surface area contributed by atoms with Gasteiger partial charge < -0.3 is 14.4 Å². The van der Waals surface area contributed by atoms with Crippen LogP contribution in [0.4, 0.5) is 0 Å². The number of carbonyl (C=O) groups excluding carboxylic acids is 1. The number of rotatable bonds is 6. The Labute approximate surface area is 167 Å². The number of nitrogens with one attached hydrogen (secondary N) is 1. The van der Waals surface area contributed by atoms with Gasteiger partial charge in [-0.25, -0.2) is 0 Å². The lowest BCUT2D eigenvalue weighted by Gasteiger charge is -2.03. The van der Waals surface area contributed by atoms with Gasteiger partial charge in [-0.05, 0) is 24.3 Å². The minimum atomic E-state index is -0.259. The fourth-order valence-electron chi connectivity index (χ4n) is 2.67. The van der Waals surface area contributed by atoms with Gasteiger partial charge in [-0.15, -0.1) is 0 Å². The maximum Gasteiger partial charge on any atom is 0.257 e. The zero-order valence-electron chi connectivity index (χ0n) is 16.0. The maximum atomic E-state index is 12.5. The van der Waals surface area contributed by atoms with Crippen LogP contribution in [-0.4, -0.2) is 26.2 Å². The van der Waals surface area contributed by atoms with Gasteiger partial charge >= 0.3 is 0 Å². The highest BCUT2D eigenvalue weighted by Gasteiger charge is 2.14. The summed E-state index contributed by atoms with van der Waals surface area (Å²) in [7, 11) is 0. The Kier molecular flexibility index (Phi) is 5.15. The molecule has 0 fully saturated rings. The predicted octanol–water partition coefficient (Wildman–Crippen LogP) is 3.84. The second-order valence-corrected chi connectivity index (χ2v) is 6.76. The van der Waals surface area contributed by atoms with Gasteiger partial charge in [0, 0.05) is 22.6 Å². The third-order valence-corrected chi connectivity index (χ3v) is 4.21. The standard InChI is InChI=1S/C21H19N5O3/c1-13(2)20-24-18(26-28-20)15-9-6-10-16(11-15)19(27)22-12-17-23-21(29-25-17)14-7-4-3-5-8-14/h3-11,13H,12H2,1-2H3,(H,22,27). The molecule has 1 amide bonds. The van der Waals surface area contributed by atoms with Crippen LogP contribution in [0, 0.1) is 0 Å². The number of benzene rings is 2. The minimum absolute atomic E-state index is 0.137. The van der Waals surface area contributed by atoms with Crippen LogP contribution in [0.3, 0.4) is 0 Å². The molecule has 4 aromatic rings. The summed E-state index contributed by atoms with van der Waals surface area (Å²) in [4.78, 5) is 21.2. The van der Waals surface area contributed by atoms with Crippen LogP contribution in [0.25, 0.3) is 22.8 Å². The van der Waals surface area contributed by atoms with Gasteiger partial charge in [-0.2, -0.15) is 9.97 Å². The first-order valence-corrected chi connectivity index (χ1v) is 9.20. The lowest BCUT2D eigenvalue weighted by molar-refractivity contribution is 0.0949. The normalized spacial score (nSPS) is 11.0. The summed E-state index contributed by atoms with van der Waals surface area (Å²) in [6, 6.07) is 16.5. The maximum absolute atomic E-state index is 12.5. The fourth-order valence-corrected chi connectivity index (χ4v) is 2.67. The molecule has 0 aliphatic carbocycles. The second kappa shape index (κ2) is 8.05. The van der Waals surface area contributed by atoms with Crippen LogP contribution < -0.4 is 5.32 Å². The van der Waals surface area contributed by atoms with E-state index in [1.807, 2.05) is 50.2 Å². The highest BCUT2D eigenvalue weighted by molar-refractivity contribution is 5.95. The smallest absolute Gasteiger partial charge is 0.257 e. The number of carbonyl (C=O) groups is 1. The van der Waals surface area contributed by atoms with Gasteiger partial charge in [-0.1, -0.05) is 54.5 Å². The average Bonchev–Trinajstić information content (AvgIpc) is 3.43. The summed E-state index contributed by atoms with van der Waals surface area (Å²) in [6.45, 7) is 4.10. The van der Waals surface area contributed by atoms with Crippen molar-refractivity contribution in [1.82, 2.24) is 25.6 Å². The molecule has 2 aromatic heterocycles. The van der Waals surface area contributed by atoms with E-state index in [-0.39, 0.29) is 18.4 Å². The van der Waals surface area contributed by atoms with E-state index in [9.17, 15) is 4.79 Å². The number of hydrogen-bond donors (Lipinski definition) is 1. The molecule has 29 heavy (non-hydrogen) atoms. The summed E-state index contributed by atoms with van der Waals surface area (Å²) in [6.07, 6.45) is 0. The molecule has 2 heterocycles. The molecule has 0 atom stereocenters. The fraction of sp³-hybridized carbons (Fsp3) is 0.190. The van der Waals surface area contributed by atoms with E-state index in [0.717, 1.165) is 5.56 Å². The molecule has 0 saturated carbocycles. The molecule has 0 bridgehead atoms. The van der Waals surface area contributed by atoms with E-state index in [1.54, 1.807) is 18.2 Å².